The summed E-state index contributed by atoms with van der Waals surface area (Å²) in [6, 6.07) is 0. The van der Waals surface area contributed by atoms with E-state index >= 15 is 0 Å². The third-order valence-corrected chi connectivity index (χ3v) is 4.27. The standard InChI is InChI=1S/C12H18ClNO2S/c1-8(6-15)4-3-5-14-12(16)11-10(13)9(2)7-17-11/h7-8,15H,3-6H2,1-2H3,(H,14,16). The summed E-state index contributed by atoms with van der Waals surface area (Å²) in [7, 11) is 0. The van der Waals surface area contributed by atoms with Crippen molar-refractivity contribution in [2.45, 2.75) is 26.7 Å². The summed E-state index contributed by atoms with van der Waals surface area (Å²) < 4.78 is 0. The molecule has 5 heteroatoms. The Bertz CT molecular complexity index is 379. The predicted octanol–water partition coefficient (Wildman–Crippen LogP) is 2.85. The summed E-state index contributed by atoms with van der Waals surface area (Å²) in [6.07, 6.45) is 1.78. The molecule has 1 rings (SSSR count). The van der Waals surface area contributed by atoms with Crippen molar-refractivity contribution in [3.8, 4) is 0 Å². The lowest BCUT2D eigenvalue weighted by Crippen LogP contribution is -2.24. The van der Waals surface area contributed by atoms with Gasteiger partial charge in [-0.1, -0.05) is 18.5 Å². The van der Waals surface area contributed by atoms with E-state index in [0.29, 0.717) is 22.4 Å². The molecule has 0 saturated heterocycles. The van der Waals surface area contributed by atoms with Crippen LogP contribution in [-0.2, 0) is 0 Å². The van der Waals surface area contributed by atoms with E-state index < -0.39 is 0 Å². The molecule has 0 radical (unpaired) electrons. The van der Waals surface area contributed by atoms with Crippen molar-refractivity contribution in [2.24, 2.45) is 5.92 Å². The third-order valence-electron chi connectivity index (χ3n) is 2.58. The molecule has 96 valence electrons. The molecule has 0 spiro atoms. The van der Waals surface area contributed by atoms with E-state index in [0.717, 1.165) is 18.4 Å². The number of hydrogen-bond acceptors (Lipinski definition) is 3. The molecule has 1 unspecified atom stereocenters. The molecule has 0 saturated carbocycles. The maximum absolute atomic E-state index is 11.8. The molecule has 0 fully saturated rings. The Morgan fingerprint density at radius 3 is 2.88 bits per heavy atom. The number of thiophene rings is 1. The van der Waals surface area contributed by atoms with E-state index in [1.54, 1.807) is 0 Å². The van der Waals surface area contributed by atoms with E-state index in [1.165, 1.54) is 11.3 Å². The number of aliphatic hydroxyl groups is 1. The lowest BCUT2D eigenvalue weighted by molar-refractivity contribution is 0.0956. The van der Waals surface area contributed by atoms with Crippen LogP contribution >= 0.6 is 22.9 Å². The quantitative estimate of drug-likeness (QED) is 0.785. The maximum atomic E-state index is 11.8. The van der Waals surface area contributed by atoms with Gasteiger partial charge in [-0.25, -0.2) is 0 Å². The lowest BCUT2D eigenvalue weighted by Gasteiger charge is -2.08. The van der Waals surface area contributed by atoms with Gasteiger partial charge in [-0.3, -0.25) is 4.79 Å². The van der Waals surface area contributed by atoms with Gasteiger partial charge in [0, 0.05) is 13.2 Å². The predicted molar refractivity (Wildman–Crippen MR) is 71.9 cm³/mol. The molecule has 17 heavy (non-hydrogen) atoms. The highest BCUT2D eigenvalue weighted by Crippen LogP contribution is 2.26. The minimum absolute atomic E-state index is 0.107. The van der Waals surface area contributed by atoms with Crippen molar-refractivity contribution < 1.29 is 9.90 Å². The number of hydrogen-bond donors (Lipinski definition) is 2. The van der Waals surface area contributed by atoms with E-state index in [-0.39, 0.29) is 12.5 Å². The molecule has 3 nitrogen and oxygen atoms in total. The normalized spacial score (nSPS) is 12.5. The van der Waals surface area contributed by atoms with Crippen LogP contribution in [0.25, 0.3) is 0 Å². The summed E-state index contributed by atoms with van der Waals surface area (Å²) in [6.45, 7) is 4.69. The van der Waals surface area contributed by atoms with E-state index in [9.17, 15) is 4.79 Å². The van der Waals surface area contributed by atoms with Gasteiger partial charge in [0.05, 0.1) is 5.02 Å². The number of amides is 1. The molecule has 1 amide bonds. The zero-order chi connectivity index (χ0) is 12.8. The second-order valence-corrected chi connectivity index (χ2v) is 5.51. The number of rotatable bonds is 6. The molecule has 1 aromatic rings. The summed E-state index contributed by atoms with van der Waals surface area (Å²) in [5.41, 5.74) is 0.940. The van der Waals surface area contributed by atoms with Crippen LogP contribution in [0, 0.1) is 12.8 Å². The van der Waals surface area contributed by atoms with Crippen LogP contribution in [0.4, 0.5) is 0 Å². The van der Waals surface area contributed by atoms with Crippen LogP contribution in [0.1, 0.15) is 35.0 Å². The molecule has 0 aromatic carbocycles. The average molecular weight is 276 g/mol. The van der Waals surface area contributed by atoms with Crippen LogP contribution in [0.15, 0.2) is 5.38 Å². The summed E-state index contributed by atoms with van der Waals surface area (Å²) >= 11 is 7.37. The Labute approximate surface area is 111 Å². The van der Waals surface area contributed by atoms with Crippen LogP contribution in [-0.4, -0.2) is 24.2 Å². The average Bonchev–Trinajstić information content (AvgIpc) is 2.65. The van der Waals surface area contributed by atoms with Crippen molar-refractivity contribution >= 4 is 28.8 Å². The highest BCUT2D eigenvalue weighted by atomic mass is 35.5. The summed E-state index contributed by atoms with van der Waals surface area (Å²) in [5.74, 6) is 0.184. The Morgan fingerprint density at radius 2 is 2.35 bits per heavy atom. The molecule has 0 aliphatic carbocycles. The minimum atomic E-state index is -0.107. The topological polar surface area (TPSA) is 49.3 Å². The third kappa shape index (κ3) is 4.30. The summed E-state index contributed by atoms with van der Waals surface area (Å²) in [4.78, 5) is 12.3. The maximum Gasteiger partial charge on any atom is 0.262 e. The van der Waals surface area contributed by atoms with Gasteiger partial charge in [-0.15, -0.1) is 11.3 Å². The highest BCUT2D eigenvalue weighted by Gasteiger charge is 2.13. The molecule has 0 aliphatic rings. The molecular weight excluding hydrogens is 258 g/mol. The largest absolute Gasteiger partial charge is 0.396 e. The van der Waals surface area contributed by atoms with Crippen molar-refractivity contribution in [1.82, 2.24) is 5.32 Å². The second kappa shape index (κ2) is 6.99. The number of carbonyl (C=O) groups excluding carboxylic acids is 1. The van der Waals surface area contributed by atoms with E-state index in [1.807, 2.05) is 19.2 Å². The van der Waals surface area contributed by atoms with Crippen molar-refractivity contribution in [3.63, 3.8) is 0 Å². The zero-order valence-electron chi connectivity index (χ0n) is 10.1. The van der Waals surface area contributed by atoms with E-state index in [4.69, 9.17) is 16.7 Å². The minimum Gasteiger partial charge on any atom is -0.396 e. The van der Waals surface area contributed by atoms with Gasteiger partial charge in [0.2, 0.25) is 0 Å². The second-order valence-electron chi connectivity index (χ2n) is 4.25. The number of aryl methyl sites for hydroxylation is 1. The fourth-order valence-corrected chi connectivity index (χ4v) is 2.60. The first-order chi connectivity index (χ1) is 8.06. The summed E-state index contributed by atoms with van der Waals surface area (Å²) in [5, 5.41) is 14.1. The van der Waals surface area contributed by atoms with E-state index in [2.05, 4.69) is 5.32 Å². The van der Waals surface area contributed by atoms with Gasteiger partial charge in [-0.2, -0.15) is 0 Å². The van der Waals surface area contributed by atoms with Gasteiger partial charge >= 0.3 is 0 Å². The SMILES string of the molecule is Cc1csc(C(=O)NCCCC(C)CO)c1Cl. The zero-order valence-corrected chi connectivity index (χ0v) is 11.7. The van der Waals surface area contributed by atoms with Gasteiger partial charge in [0.25, 0.3) is 5.91 Å². The Morgan fingerprint density at radius 1 is 1.65 bits per heavy atom. The Hall–Kier alpha value is -0.580. The van der Waals surface area contributed by atoms with Crippen LogP contribution in [0.2, 0.25) is 5.02 Å². The molecule has 1 aromatic heterocycles. The fraction of sp³-hybridized carbons (Fsp3) is 0.583. The molecule has 1 atom stereocenters. The molecule has 1 heterocycles. The fourth-order valence-electron chi connectivity index (χ4n) is 1.41. The monoisotopic (exact) mass is 275 g/mol. The van der Waals surface area contributed by atoms with Gasteiger partial charge in [0.15, 0.2) is 0 Å². The van der Waals surface area contributed by atoms with Crippen LogP contribution in [0.3, 0.4) is 0 Å². The number of halogens is 1. The lowest BCUT2D eigenvalue weighted by atomic mass is 10.1. The number of aliphatic hydroxyl groups excluding tert-OH is 1. The smallest absolute Gasteiger partial charge is 0.262 e. The number of nitrogens with one attached hydrogen (secondary N) is 1. The first kappa shape index (κ1) is 14.5. The Kier molecular flexibility index (Phi) is 5.95. The molecule has 0 bridgehead atoms. The highest BCUT2D eigenvalue weighted by molar-refractivity contribution is 7.13. The van der Waals surface area contributed by atoms with Crippen LogP contribution in [0.5, 0.6) is 0 Å². The molecular formula is C12H18ClNO2S. The number of carbonyl (C=O) groups is 1. The first-order valence-electron chi connectivity index (χ1n) is 5.69. The van der Waals surface area contributed by atoms with Gasteiger partial charge in [-0.05, 0) is 36.6 Å². The molecule has 2 N–H and O–H groups in total. The van der Waals surface area contributed by atoms with Crippen LogP contribution < -0.4 is 5.32 Å². The van der Waals surface area contributed by atoms with Gasteiger partial charge in [0.1, 0.15) is 4.88 Å². The first-order valence-corrected chi connectivity index (χ1v) is 6.94. The Balaban J connectivity index is 2.33. The van der Waals surface area contributed by atoms with Crippen molar-refractivity contribution in [1.29, 1.82) is 0 Å². The van der Waals surface area contributed by atoms with Gasteiger partial charge < -0.3 is 10.4 Å². The van der Waals surface area contributed by atoms with Crippen molar-refractivity contribution in [3.05, 3.63) is 20.8 Å². The van der Waals surface area contributed by atoms with Crippen molar-refractivity contribution in [2.75, 3.05) is 13.2 Å². The molecule has 0 aliphatic heterocycles.